The predicted octanol–water partition coefficient (Wildman–Crippen LogP) is 3.70. The molecule has 0 radical (unpaired) electrons. The van der Waals surface area contributed by atoms with Gasteiger partial charge in [0.25, 0.3) is 0 Å². The molecule has 1 saturated carbocycles. The normalized spacial score (nSPS) is 18.5. The molecule has 3 rings (SSSR count). The molecule has 20 heavy (non-hydrogen) atoms. The quantitative estimate of drug-likeness (QED) is 0.918. The second kappa shape index (κ2) is 5.96. The van der Waals surface area contributed by atoms with Crippen LogP contribution in [-0.4, -0.2) is 15.4 Å². The molecule has 1 N–H and O–H groups in total. The van der Waals surface area contributed by atoms with Crippen molar-refractivity contribution in [2.45, 2.75) is 58.5 Å². The summed E-state index contributed by atoms with van der Waals surface area (Å²) < 4.78 is 2.20. The maximum atomic E-state index is 4.63. The molecule has 3 heteroatoms. The molecular weight excluding hydrogens is 246 g/mol. The minimum Gasteiger partial charge on any atom is -0.308 e. The lowest BCUT2D eigenvalue weighted by molar-refractivity contribution is 0.280. The highest BCUT2D eigenvalue weighted by molar-refractivity contribution is 5.42. The van der Waals surface area contributed by atoms with Gasteiger partial charge in [0.2, 0.25) is 0 Å². The van der Waals surface area contributed by atoms with E-state index in [9.17, 15) is 0 Å². The number of pyridine rings is 1. The van der Waals surface area contributed by atoms with Crippen molar-refractivity contribution in [1.29, 1.82) is 0 Å². The van der Waals surface area contributed by atoms with Gasteiger partial charge in [-0.25, -0.2) is 4.98 Å². The van der Waals surface area contributed by atoms with Crippen LogP contribution in [0.3, 0.4) is 0 Å². The zero-order valence-corrected chi connectivity index (χ0v) is 12.6. The Morgan fingerprint density at radius 1 is 1.30 bits per heavy atom. The summed E-state index contributed by atoms with van der Waals surface area (Å²) in [5.74, 6) is 0.850. The topological polar surface area (TPSA) is 29.3 Å². The molecule has 3 nitrogen and oxygen atoms in total. The van der Waals surface area contributed by atoms with Gasteiger partial charge in [-0.1, -0.05) is 25.3 Å². The first-order valence-corrected chi connectivity index (χ1v) is 7.91. The van der Waals surface area contributed by atoms with Crippen LogP contribution in [0.25, 0.3) is 5.65 Å². The van der Waals surface area contributed by atoms with Crippen LogP contribution in [-0.2, 0) is 6.54 Å². The van der Waals surface area contributed by atoms with Gasteiger partial charge in [0, 0.05) is 18.8 Å². The monoisotopic (exact) mass is 271 g/mol. The van der Waals surface area contributed by atoms with E-state index in [1.807, 2.05) is 6.07 Å². The van der Waals surface area contributed by atoms with Crippen LogP contribution < -0.4 is 5.32 Å². The number of aryl methyl sites for hydroxylation is 1. The van der Waals surface area contributed by atoms with E-state index in [1.165, 1.54) is 37.8 Å². The Hall–Kier alpha value is -1.35. The lowest BCUT2D eigenvalue weighted by Gasteiger charge is -2.28. The van der Waals surface area contributed by atoms with Gasteiger partial charge in [-0.3, -0.25) is 0 Å². The molecule has 0 saturated heterocycles. The van der Waals surface area contributed by atoms with Gasteiger partial charge in [0.15, 0.2) is 0 Å². The molecule has 1 aliphatic rings. The van der Waals surface area contributed by atoms with Crippen LogP contribution in [0.15, 0.2) is 24.4 Å². The van der Waals surface area contributed by atoms with Crippen LogP contribution in [0.1, 0.15) is 50.4 Å². The number of rotatable bonds is 4. The first-order chi connectivity index (χ1) is 9.75. The van der Waals surface area contributed by atoms with Crippen molar-refractivity contribution in [2.75, 3.05) is 0 Å². The summed E-state index contributed by atoms with van der Waals surface area (Å²) in [5, 5.41) is 3.73. The maximum Gasteiger partial charge on any atom is 0.137 e. The number of hydrogen-bond donors (Lipinski definition) is 1. The standard InChI is InChI=1S/C17H25N3/c1-13(15-8-4-3-5-9-15)18-12-16-14(2)19-17-10-6-7-11-20(16)17/h6-7,10-11,13,15,18H,3-5,8-9,12H2,1-2H3/t13-/m1/s1. The number of nitrogens with one attached hydrogen (secondary N) is 1. The molecule has 1 fully saturated rings. The fraction of sp³-hybridized carbons (Fsp3) is 0.588. The second-order valence-corrected chi connectivity index (χ2v) is 6.14. The third-order valence-corrected chi connectivity index (χ3v) is 4.78. The molecule has 0 unspecified atom stereocenters. The summed E-state index contributed by atoms with van der Waals surface area (Å²) in [5.41, 5.74) is 3.48. The Bertz CT molecular complexity index is 567. The average Bonchev–Trinajstić information content (AvgIpc) is 2.81. The molecule has 108 valence electrons. The Morgan fingerprint density at radius 3 is 2.90 bits per heavy atom. The number of nitrogens with zero attached hydrogens (tertiary/aromatic N) is 2. The van der Waals surface area contributed by atoms with Gasteiger partial charge in [-0.15, -0.1) is 0 Å². The van der Waals surface area contributed by atoms with Crippen LogP contribution in [0.5, 0.6) is 0 Å². The van der Waals surface area contributed by atoms with Gasteiger partial charge in [-0.2, -0.15) is 0 Å². The van der Waals surface area contributed by atoms with Crippen LogP contribution in [0.4, 0.5) is 0 Å². The Labute approximate surface area is 121 Å². The minimum absolute atomic E-state index is 0.601. The van der Waals surface area contributed by atoms with E-state index < -0.39 is 0 Å². The van der Waals surface area contributed by atoms with Crippen molar-refractivity contribution in [1.82, 2.24) is 14.7 Å². The van der Waals surface area contributed by atoms with Crippen molar-refractivity contribution >= 4 is 5.65 Å². The average molecular weight is 271 g/mol. The number of fused-ring (bicyclic) bond motifs is 1. The highest BCUT2D eigenvalue weighted by Gasteiger charge is 2.20. The van der Waals surface area contributed by atoms with E-state index in [0.717, 1.165) is 23.8 Å². The van der Waals surface area contributed by atoms with E-state index in [-0.39, 0.29) is 0 Å². The van der Waals surface area contributed by atoms with E-state index in [0.29, 0.717) is 6.04 Å². The van der Waals surface area contributed by atoms with E-state index in [2.05, 4.69) is 46.9 Å². The molecule has 0 aromatic carbocycles. The van der Waals surface area contributed by atoms with E-state index >= 15 is 0 Å². The zero-order valence-electron chi connectivity index (χ0n) is 12.6. The molecule has 0 spiro atoms. The van der Waals surface area contributed by atoms with Crippen LogP contribution in [0, 0.1) is 12.8 Å². The van der Waals surface area contributed by atoms with Crippen LogP contribution in [0.2, 0.25) is 0 Å². The Morgan fingerprint density at radius 2 is 2.10 bits per heavy atom. The summed E-state index contributed by atoms with van der Waals surface area (Å²) in [4.78, 5) is 4.63. The van der Waals surface area contributed by atoms with Crippen molar-refractivity contribution in [2.24, 2.45) is 5.92 Å². The molecule has 0 bridgehead atoms. The number of hydrogen-bond acceptors (Lipinski definition) is 2. The van der Waals surface area contributed by atoms with Gasteiger partial charge < -0.3 is 9.72 Å². The zero-order chi connectivity index (χ0) is 13.9. The Kier molecular flexibility index (Phi) is 4.06. The highest BCUT2D eigenvalue weighted by Crippen LogP contribution is 2.26. The molecule has 0 amide bonds. The Balaban J connectivity index is 1.68. The summed E-state index contributed by atoms with van der Waals surface area (Å²) in [7, 11) is 0. The summed E-state index contributed by atoms with van der Waals surface area (Å²) in [6.45, 7) is 5.36. The first kappa shape index (κ1) is 13.6. The van der Waals surface area contributed by atoms with Gasteiger partial charge in [0.05, 0.1) is 11.4 Å². The molecule has 0 aliphatic heterocycles. The van der Waals surface area contributed by atoms with Crippen LogP contribution >= 0.6 is 0 Å². The van der Waals surface area contributed by atoms with Crippen molar-refractivity contribution in [3.05, 3.63) is 35.8 Å². The molecular formula is C17H25N3. The summed E-state index contributed by atoms with van der Waals surface area (Å²) in [6, 6.07) is 6.79. The summed E-state index contributed by atoms with van der Waals surface area (Å²) >= 11 is 0. The lowest BCUT2D eigenvalue weighted by atomic mass is 9.84. The number of aromatic nitrogens is 2. The van der Waals surface area contributed by atoms with Crippen molar-refractivity contribution < 1.29 is 0 Å². The number of imidazole rings is 1. The minimum atomic E-state index is 0.601. The molecule has 1 aliphatic carbocycles. The fourth-order valence-corrected chi connectivity index (χ4v) is 3.44. The molecule has 2 aromatic heterocycles. The van der Waals surface area contributed by atoms with Gasteiger partial charge in [-0.05, 0) is 44.7 Å². The van der Waals surface area contributed by atoms with Crippen molar-refractivity contribution in [3.8, 4) is 0 Å². The largest absolute Gasteiger partial charge is 0.308 e. The van der Waals surface area contributed by atoms with E-state index in [4.69, 9.17) is 0 Å². The molecule has 1 atom stereocenters. The lowest BCUT2D eigenvalue weighted by Crippen LogP contribution is -2.34. The van der Waals surface area contributed by atoms with Crippen molar-refractivity contribution in [3.63, 3.8) is 0 Å². The molecule has 2 heterocycles. The third-order valence-electron chi connectivity index (χ3n) is 4.78. The summed E-state index contributed by atoms with van der Waals surface area (Å²) in [6.07, 6.45) is 9.13. The SMILES string of the molecule is Cc1nc2ccccn2c1CN[C@H](C)C1CCCCC1. The predicted molar refractivity (Wildman–Crippen MR) is 82.8 cm³/mol. The van der Waals surface area contributed by atoms with E-state index in [1.54, 1.807) is 0 Å². The molecule has 2 aromatic rings. The first-order valence-electron chi connectivity index (χ1n) is 7.91. The van der Waals surface area contributed by atoms with Gasteiger partial charge >= 0.3 is 0 Å². The van der Waals surface area contributed by atoms with Gasteiger partial charge in [0.1, 0.15) is 5.65 Å². The third kappa shape index (κ3) is 2.73. The fourth-order valence-electron chi connectivity index (χ4n) is 3.44. The smallest absolute Gasteiger partial charge is 0.137 e. The highest BCUT2D eigenvalue weighted by atomic mass is 15.0. The maximum absolute atomic E-state index is 4.63. The second-order valence-electron chi connectivity index (χ2n) is 6.14.